The van der Waals surface area contributed by atoms with Gasteiger partial charge in [0.25, 0.3) is 11.4 Å². The van der Waals surface area contributed by atoms with E-state index in [-0.39, 0.29) is 35.8 Å². The average Bonchev–Trinajstić information content (AvgIpc) is 3.48. The smallest absolute Gasteiger partial charge is 0.266 e. The fraction of sp³-hybridized carbons (Fsp3) is 0.240. The van der Waals surface area contributed by atoms with Gasteiger partial charge in [-0.15, -0.1) is 0 Å². The van der Waals surface area contributed by atoms with Gasteiger partial charge in [-0.05, 0) is 31.2 Å². The van der Waals surface area contributed by atoms with Gasteiger partial charge in [0.2, 0.25) is 0 Å². The maximum atomic E-state index is 15.6. The molecule has 10 heteroatoms. The highest BCUT2D eigenvalue weighted by Crippen LogP contribution is 2.33. The third-order valence-corrected chi connectivity index (χ3v) is 5.58. The van der Waals surface area contributed by atoms with Crippen LogP contribution >= 0.6 is 0 Å². The Morgan fingerprint density at radius 1 is 1.23 bits per heavy atom. The topological polar surface area (TPSA) is 65.2 Å². The predicted molar refractivity (Wildman–Crippen MR) is 127 cm³/mol. The second-order valence-corrected chi connectivity index (χ2v) is 7.96. The molecular formula is C25H24F3N5O2. The standard InChI is InChI=1S/C25H24F3N5O2/c1-4-8-19(31-14-12-25(27,28)16-31)22(26)17(2)32-15-21(35-3)24(34)23(30-32)20-11-13-29-33(20)18-9-6-5-7-10-18/h4-11,13,15H,2,12,14,16H2,1,3H3. The molecular weight excluding hydrogens is 459 g/mol. The molecule has 2 aromatic heterocycles. The molecule has 0 bridgehead atoms. The number of benzene rings is 1. The summed E-state index contributed by atoms with van der Waals surface area (Å²) in [6, 6.07) is 10.7. The monoisotopic (exact) mass is 483 g/mol. The molecule has 0 N–H and O–H groups in total. The number of hydrogen-bond donors (Lipinski definition) is 0. The normalized spacial score (nSPS) is 16.0. The third-order valence-electron chi connectivity index (χ3n) is 5.58. The second-order valence-electron chi connectivity index (χ2n) is 7.96. The van der Waals surface area contributed by atoms with Gasteiger partial charge in [0.05, 0.1) is 48.8 Å². The number of rotatable bonds is 7. The Balaban J connectivity index is 1.82. The van der Waals surface area contributed by atoms with Crippen molar-refractivity contribution < 1.29 is 17.9 Å². The molecule has 4 rings (SSSR count). The summed E-state index contributed by atoms with van der Waals surface area (Å²) in [5, 5.41) is 8.61. The van der Waals surface area contributed by atoms with Crippen molar-refractivity contribution >= 4 is 5.70 Å². The lowest BCUT2D eigenvalue weighted by molar-refractivity contribution is 0.0153. The van der Waals surface area contributed by atoms with Crippen LogP contribution < -0.4 is 10.2 Å². The van der Waals surface area contributed by atoms with Crippen LogP contribution in [-0.2, 0) is 0 Å². The van der Waals surface area contributed by atoms with Gasteiger partial charge < -0.3 is 9.64 Å². The van der Waals surface area contributed by atoms with Crippen molar-refractivity contribution in [1.82, 2.24) is 24.5 Å². The van der Waals surface area contributed by atoms with E-state index in [2.05, 4.69) is 16.8 Å². The number of hydrogen-bond acceptors (Lipinski definition) is 5. The Bertz CT molecular complexity index is 1360. The van der Waals surface area contributed by atoms with Crippen LogP contribution in [0, 0.1) is 0 Å². The van der Waals surface area contributed by atoms with Crippen molar-refractivity contribution in [2.45, 2.75) is 19.3 Å². The average molecular weight is 483 g/mol. The van der Waals surface area contributed by atoms with E-state index >= 15 is 4.39 Å². The molecule has 0 radical (unpaired) electrons. The molecule has 1 aliphatic heterocycles. The maximum Gasteiger partial charge on any atom is 0.266 e. The molecule has 1 fully saturated rings. The van der Waals surface area contributed by atoms with Gasteiger partial charge in [-0.1, -0.05) is 30.9 Å². The molecule has 182 valence electrons. The molecule has 1 aromatic carbocycles. The molecule has 0 amide bonds. The molecule has 35 heavy (non-hydrogen) atoms. The largest absolute Gasteiger partial charge is 0.491 e. The molecule has 1 saturated heterocycles. The summed E-state index contributed by atoms with van der Waals surface area (Å²) in [6.07, 6.45) is 5.32. The first-order valence-corrected chi connectivity index (χ1v) is 10.9. The van der Waals surface area contributed by atoms with Crippen LogP contribution in [0.25, 0.3) is 22.8 Å². The molecule has 0 unspecified atom stereocenters. The van der Waals surface area contributed by atoms with Crippen molar-refractivity contribution in [3.8, 4) is 22.8 Å². The van der Waals surface area contributed by atoms with Gasteiger partial charge in [-0.25, -0.2) is 22.5 Å². The Hall–Kier alpha value is -4.08. The Kier molecular flexibility index (Phi) is 6.63. The Morgan fingerprint density at radius 3 is 2.60 bits per heavy atom. The van der Waals surface area contributed by atoms with E-state index in [9.17, 15) is 13.6 Å². The minimum Gasteiger partial charge on any atom is -0.491 e. The first kappa shape index (κ1) is 24.1. The molecule has 0 atom stereocenters. The highest BCUT2D eigenvalue weighted by Gasteiger charge is 2.39. The molecule has 0 aliphatic carbocycles. The fourth-order valence-corrected chi connectivity index (χ4v) is 3.84. The van der Waals surface area contributed by atoms with Crippen LogP contribution in [0.15, 0.2) is 83.8 Å². The number of ether oxygens (including phenoxy) is 1. The number of nitrogens with zero attached hydrogens (tertiary/aromatic N) is 5. The number of halogens is 3. The minimum atomic E-state index is -2.91. The number of alkyl halides is 2. The van der Waals surface area contributed by atoms with E-state index in [1.54, 1.807) is 19.1 Å². The van der Waals surface area contributed by atoms with Crippen molar-refractivity contribution in [2.75, 3.05) is 20.2 Å². The summed E-state index contributed by atoms with van der Waals surface area (Å²) in [6.45, 7) is 4.84. The fourth-order valence-electron chi connectivity index (χ4n) is 3.84. The summed E-state index contributed by atoms with van der Waals surface area (Å²) in [5.41, 5.74) is 0.215. The van der Waals surface area contributed by atoms with Gasteiger partial charge in [0.15, 0.2) is 17.3 Å². The lowest BCUT2D eigenvalue weighted by Gasteiger charge is -2.21. The van der Waals surface area contributed by atoms with Crippen molar-refractivity contribution in [2.24, 2.45) is 0 Å². The highest BCUT2D eigenvalue weighted by atomic mass is 19.3. The number of likely N-dealkylation sites (tertiary alicyclic amines) is 1. The lowest BCUT2D eigenvalue weighted by Crippen LogP contribution is -2.25. The second kappa shape index (κ2) is 9.65. The van der Waals surface area contributed by atoms with Crippen LogP contribution in [0.1, 0.15) is 13.3 Å². The van der Waals surface area contributed by atoms with Crippen LogP contribution in [0.4, 0.5) is 13.2 Å². The Morgan fingerprint density at radius 2 is 1.97 bits per heavy atom. The zero-order valence-electron chi connectivity index (χ0n) is 19.3. The first-order valence-electron chi connectivity index (χ1n) is 10.9. The first-order chi connectivity index (χ1) is 16.8. The SMILES string of the molecule is C=C(C(F)=C(C=CC)N1CCC(F)(F)C1)n1cc(OC)c(=O)c(-c2ccnn2-c2ccccc2)n1. The van der Waals surface area contributed by atoms with E-state index in [0.29, 0.717) is 11.4 Å². The predicted octanol–water partition coefficient (Wildman–Crippen LogP) is 4.67. The highest BCUT2D eigenvalue weighted by molar-refractivity contribution is 5.64. The summed E-state index contributed by atoms with van der Waals surface area (Å²) >= 11 is 0. The summed E-state index contributed by atoms with van der Waals surface area (Å²) in [4.78, 5) is 14.3. The molecule has 1 aliphatic rings. The maximum absolute atomic E-state index is 15.6. The quantitative estimate of drug-likeness (QED) is 0.457. The number of para-hydroxylation sites is 1. The van der Waals surface area contributed by atoms with Crippen molar-refractivity contribution in [3.63, 3.8) is 0 Å². The van der Waals surface area contributed by atoms with E-state index < -0.39 is 23.7 Å². The van der Waals surface area contributed by atoms with Crippen LogP contribution in [0.5, 0.6) is 5.75 Å². The van der Waals surface area contributed by atoms with Gasteiger partial charge in [-0.3, -0.25) is 4.79 Å². The number of allylic oxidation sites excluding steroid dienone is 4. The van der Waals surface area contributed by atoms with Crippen LogP contribution in [0.2, 0.25) is 0 Å². The summed E-state index contributed by atoms with van der Waals surface area (Å²) < 4.78 is 51.1. The summed E-state index contributed by atoms with van der Waals surface area (Å²) in [5.74, 6) is -3.84. The van der Waals surface area contributed by atoms with E-state index in [1.165, 1.54) is 35.2 Å². The molecule has 3 heterocycles. The number of methoxy groups -OCH3 is 1. The van der Waals surface area contributed by atoms with Crippen LogP contribution in [0.3, 0.4) is 0 Å². The summed E-state index contributed by atoms with van der Waals surface area (Å²) in [7, 11) is 1.31. The van der Waals surface area contributed by atoms with Gasteiger partial charge in [-0.2, -0.15) is 10.2 Å². The zero-order chi connectivity index (χ0) is 25.2. The van der Waals surface area contributed by atoms with E-state index in [4.69, 9.17) is 4.74 Å². The van der Waals surface area contributed by atoms with Gasteiger partial charge in [0, 0.05) is 13.0 Å². The third kappa shape index (κ3) is 4.77. The van der Waals surface area contributed by atoms with Gasteiger partial charge >= 0.3 is 0 Å². The molecule has 0 spiro atoms. The van der Waals surface area contributed by atoms with E-state index in [1.807, 2.05) is 30.3 Å². The van der Waals surface area contributed by atoms with Crippen molar-refractivity contribution in [3.05, 3.63) is 89.3 Å². The number of aromatic nitrogens is 4. The molecule has 0 saturated carbocycles. The van der Waals surface area contributed by atoms with Crippen LogP contribution in [-0.4, -0.2) is 50.6 Å². The molecule has 7 nitrogen and oxygen atoms in total. The van der Waals surface area contributed by atoms with Gasteiger partial charge in [0.1, 0.15) is 0 Å². The van der Waals surface area contributed by atoms with E-state index in [0.717, 1.165) is 4.68 Å². The minimum absolute atomic E-state index is 0.00417. The zero-order valence-corrected chi connectivity index (χ0v) is 19.3. The Labute approximate surface area is 200 Å². The lowest BCUT2D eigenvalue weighted by atomic mass is 10.2. The van der Waals surface area contributed by atoms with Crippen molar-refractivity contribution in [1.29, 1.82) is 0 Å². The molecule has 3 aromatic rings.